The largest absolute Gasteiger partial charge is 0.494 e. The Balaban J connectivity index is 1.39. The number of benzene rings is 3. The summed E-state index contributed by atoms with van der Waals surface area (Å²) in [5.74, 6) is 0.198. The lowest BCUT2D eigenvalue weighted by Gasteiger charge is -2.33. The van der Waals surface area contributed by atoms with Gasteiger partial charge in [-0.3, -0.25) is 14.9 Å². The van der Waals surface area contributed by atoms with E-state index >= 15 is 0 Å². The highest BCUT2D eigenvalue weighted by Crippen LogP contribution is 2.44. The Morgan fingerprint density at radius 1 is 1.10 bits per heavy atom. The van der Waals surface area contributed by atoms with E-state index in [9.17, 15) is 28.1 Å². The molecule has 2 atom stereocenters. The smallest absolute Gasteiger partial charge is 0.410 e. The van der Waals surface area contributed by atoms with Crippen LogP contribution in [-0.4, -0.2) is 33.4 Å². The number of nitro groups is 1. The zero-order valence-electron chi connectivity index (χ0n) is 21.9. The molecule has 0 fully saturated rings. The summed E-state index contributed by atoms with van der Waals surface area (Å²) in [6, 6.07) is 15.7. The first-order valence-electron chi connectivity index (χ1n) is 12.7. The van der Waals surface area contributed by atoms with Gasteiger partial charge < -0.3 is 20.1 Å². The van der Waals surface area contributed by atoms with E-state index in [1.54, 1.807) is 48.5 Å². The zero-order valence-corrected chi connectivity index (χ0v) is 23.5. The number of ether oxygens (including phenoxy) is 2. The fourth-order valence-electron chi connectivity index (χ4n) is 4.52. The molecular formula is C28H23BrF3N5O5. The zero-order chi connectivity index (χ0) is 30.0. The van der Waals surface area contributed by atoms with E-state index in [-0.39, 0.29) is 35.1 Å². The molecule has 3 aromatic carbocycles. The van der Waals surface area contributed by atoms with Crippen LogP contribution in [0.1, 0.15) is 41.5 Å². The number of non-ortho nitro benzene ring substituents is 1. The lowest BCUT2D eigenvalue weighted by atomic mass is 9.97. The number of nitrogens with zero attached hydrogens (tertiary/aromatic N) is 3. The molecule has 4 aromatic rings. The molecule has 0 saturated heterocycles. The van der Waals surface area contributed by atoms with E-state index in [2.05, 4.69) is 31.7 Å². The Labute approximate surface area is 245 Å². The number of rotatable bonds is 8. The van der Waals surface area contributed by atoms with E-state index < -0.39 is 29.1 Å². The molecule has 218 valence electrons. The summed E-state index contributed by atoms with van der Waals surface area (Å²) in [5.41, 5.74) is -0.0329. The van der Waals surface area contributed by atoms with Gasteiger partial charge in [0.2, 0.25) is 0 Å². The molecule has 1 aliphatic heterocycles. The van der Waals surface area contributed by atoms with Gasteiger partial charge in [0.15, 0.2) is 11.7 Å². The maximum Gasteiger partial charge on any atom is 0.410 e. The van der Waals surface area contributed by atoms with Gasteiger partial charge in [0.05, 0.1) is 29.3 Å². The van der Waals surface area contributed by atoms with E-state index in [0.717, 1.165) is 15.2 Å². The molecular weight excluding hydrogens is 623 g/mol. The number of amides is 1. The van der Waals surface area contributed by atoms with Gasteiger partial charge in [0.25, 0.3) is 11.6 Å². The SMILES string of the molecule is CCOc1ccc(Oc2cc(NC(=O)c3cc4n(n3)[C@H](C(F)(F)F)C[C@H](c3ccc(Br)cc3)N4)cc([N+](=O)[O-])c2)cc1. The second-order valence-corrected chi connectivity index (χ2v) is 10.2. The van der Waals surface area contributed by atoms with Crippen molar-refractivity contribution in [1.29, 1.82) is 0 Å². The average molecular weight is 646 g/mol. The van der Waals surface area contributed by atoms with Gasteiger partial charge in [-0.15, -0.1) is 0 Å². The lowest BCUT2D eigenvalue weighted by molar-refractivity contribution is -0.384. The predicted molar refractivity (Wildman–Crippen MR) is 151 cm³/mol. The highest BCUT2D eigenvalue weighted by Gasteiger charge is 2.46. The number of alkyl halides is 3. The summed E-state index contributed by atoms with van der Waals surface area (Å²) in [4.78, 5) is 24.0. The Kier molecular flexibility index (Phi) is 8.07. The van der Waals surface area contributed by atoms with Crippen LogP contribution in [0.5, 0.6) is 17.2 Å². The number of nitrogens with one attached hydrogen (secondary N) is 2. The quantitative estimate of drug-likeness (QED) is 0.149. The third kappa shape index (κ3) is 6.48. The standard InChI is InChI=1S/C28H23BrF3N5O5/c1-2-41-20-7-9-21(10-8-20)42-22-12-18(11-19(13-22)37(39)40)33-27(38)24-15-26-34-23(16-3-5-17(29)6-4-16)14-25(28(30,31)32)36(26)35-24/h3-13,15,23,25,34H,2,14H2,1H3,(H,33,38)/t23-,25+/m1/s1. The van der Waals surface area contributed by atoms with Gasteiger partial charge in [0, 0.05) is 29.1 Å². The third-order valence-corrected chi connectivity index (χ3v) is 6.95. The number of anilines is 2. The van der Waals surface area contributed by atoms with Crippen molar-refractivity contribution in [2.75, 3.05) is 17.2 Å². The van der Waals surface area contributed by atoms with Gasteiger partial charge in [-0.25, -0.2) is 4.68 Å². The van der Waals surface area contributed by atoms with E-state index in [1.807, 2.05) is 6.92 Å². The molecule has 0 saturated carbocycles. The van der Waals surface area contributed by atoms with Crippen LogP contribution in [0, 0.1) is 10.1 Å². The lowest BCUT2D eigenvalue weighted by Crippen LogP contribution is -2.35. The summed E-state index contributed by atoms with van der Waals surface area (Å²) < 4.78 is 54.8. The van der Waals surface area contributed by atoms with Crippen LogP contribution in [0.3, 0.4) is 0 Å². The Bertz CT molecular complexity index is 1610. The minimum absolute atomic E-state index is 0.00539. The van der Waals surface area contributed by atoms with Gasteiger partial charge in [-0.05, 0) is 48.9 Å². The van der Waals surface area contributed by atoms with Crippen LogP contribution < -0.4 is 20.1 Å². The number of fused-ring (bicyclic) bond motifs is 1. The normalized spacial score (nSPS) is 16.2. The fourth-order valence-corrected chi connectivity index (χ4v) is 4.78. The van der Waals surface area contributed by atoms with Gasteiger partial charge in [0.1, 0.15) is 23.1 Å². The molecule has 42 heavy (non-hydrogen) atoms. The Morgan fingerprint density at radius 2 is 1.79 bits per heavy atom. The van der Waals surface area contributed by atoms with Gasteiger partial charge in [-0.2, -0.15) is 18.3 Å². The highest BCUT2D eigenvalue weighted by atomic mass is 79.9. The molecule has 5 rings (SSSR count). The Morgan fingerprint density at radius 3 is 2.43 bits per heavy atom. The third-order valence-electron chi connectivity index (χ3n) is 6.43. The van der Waals surface area contributed by atoms with Crippen molar-refractivity contribution >= 4 is 39.0 Å². The molecule has 10 nitrogen and oxygen atoms in total. The van der Waals surface area contributed by atoms with Crippen LogP contribution in [0.15, 0.2) is 77.3 Å². The number of aromatic nitrogens is 2. The molecule has 14 heteroatoms. The summed E-state index contributed by atoms with van der Waals surface area (Å²) in [6.07, 6.45) is -4.96. The van der Waals surface area contributed by atoms with Crippen molar-refractivity contribution in [3.8, 4) is 17.2 Å². The van der Waals surface area contributed by atoms with Gasteiger partial charge >= 0.3 is 6.18 Å². The molecule has 0 radical (unpaired) electrons. The molecule has 1 aromatic heterocycles. The van der Waals surface area contributed by atoms with Crippen molar-refractivity contribution in [2.24, 2.45) is 0 Å². The number of nitro benzene ring substituents is 1. The summed E-state index contributed by atoms with van der Waals surface area (Å²) in [6.45, 7) is 2.32. The minimum Gasteiger partial charge on any atom is -0.494 e. The van der Waals surface area contributed by atoms with Crippen molar-refractivity contribution in [2.45, 2.75) is 31.6 Å². The first-order valence-corrected chi connectivity index (χ1v) is 13.5. The predicted octanol–water partition coefficient (Wildman–Crippen LogP) is 7.66. The number of carbonyl (C=O) groups is 1. The second-order valence-electron chi connectivity index (χ2n) is 9.33. The summed E-state index contributed by atoms with van der Waals surface area (Å²) in [7, 11) is 0. The highest BCUT2D eigenvalue weighted by molar-refractivity contribution is 9.10. The maximum atomic E-state index is 14.1. The maximum absolute atomic E-state index is 14.1. The first kappa shape index (κ1) is 28.9. The van der Waals surface area contributed by atoms with E-state index in [1.165, 1.54) is 18.2 Å². The minimum atomic E-state index is -4.63. The van der Waals surface area contributed by atoms with Crippen LogP contribution in [-0.2, 0) is 0 Å². The van der Waals surface area contributed by atoms with Crippen molar-refractivity contribution in [3.63, 3.8) is 0 Å². The Hall–Kier alpha value is -4.59. The summed E-state index contributed by atoms with van der Waals surface area (Å²) in [5, 5.41) is 21.0. The van der Waals surface area contributed by atoms with Crippen molar-refractivity contribution in [1.82, 2.24) is 9.78 Å². The number of hydrogen-bond acceptors (Lipinski definition) is 7. The van der Waals surface area contributed by atoms with Crippen LogP contribution in [0.4, 0.5) is 30.4 Å². The first-order chi connectivity index (χ1) is 20.0. The molecule has 0 unspecified atom stereocenters. The number of hydrogen-bond donors (Lipinski definition) is 2. The number of carbonyl (C=O) groups excluding carboxylic acids is 1. The monoisotopic (exact) mass is 645 g/mol. The van der Waals surface area contributed by atoms with Crippen LogP contribution in [0.2, 0.25) is 0 Å². The van der Waals surface area contributed by atoms with Crippen molar-refractivity contribution < 1.29 is 32.4 Å². The molecule has 1 aliphatic rings. The van der Waals surface area contributed by atoms with E-state index in [0.29, 0.717) is 23.7 Å². The molecule has 0 bridgehead atoms. The molecule has 0 aliphatic carbocycles. The van der Waals surface area contributed by atoms with Crippen LogP contribution >= 0.6 is 15.9 Å². The number of halogens is 4. The molecule has 0 spiro atoms. The second kappa shape index (κ2) is 11.7. The average Bonchev–Trinajstić information content (AvgIpc) is 3.38. The molecule has 1 amide bonds. The fraction of sp³-hybridized carbons (Fsp3) is 0.214. The topological polar surface area (TPSA) is 121 Å². The molecule has 2 N–H and O–H groups in total. The van der Waals surface area contributed by atoms with Crippen LogP contribution in [0.25, 0.3) is 0 Å². The van der Waals surface area contributed by atoms with Crippen molar-refractivity contribution in [3.05, 3.63) is 98.6 Å². The van der Waals surface area contributed by atoms with Gasteiger partial charge in [-0.1, -0.05) is 28.1 Å². The molecule has 2 heterocycles. The summed E-state index contributed by atoms with van der Waals surface area (Å²) >= 11 is 3.32. The van der Waals surface area contributed by atoms with E-state index in [4.69, 9.17) is 9.47 Å².